The van der Waals surface area contributed by atoms with E-state index in [2.05, 4.69) is 4.72 Å². The third kappa shape index (κ3) is 6.77. The van der Waals surface area contributed by atoms with E-state index in [-0.39, 0.29) is 23.7 Å². The SMILES string of the molecule is COC[C@@]1(O)O[C@H](O[C@H]2[C@H](OC)[C@@H](OC)[C@@H](OC)O[C@@H]2CNS(=O)(=O)c2ccc([N+](=O)[O-])cc2)[C@@H](OC)[C@@H]1OC. The maximum absolute atomic E-state index is 13.0. The minimum Gasteiger partial charge on any atom is -0.379 e. The number of hydrogen-bond acceptors (Lipinski definition) is 14. The molecule has 0 unspecified atom stereocenters. The second-order valence-electron chi connectivity index (χ2n) is 9.00. The summed E-state index contributed by atoms with van der Waals surface area (Å²) in [7, 11) is 4.21. The first-order chi connectivity index (χ1) is 19.0. The van der Waals surface area contributed by atoms with Gasteiger partial charge in [0.2, 0.25) is 15.8 Å². The second kappa shape index (κ2) is 13.9. The highest BCUT2D eigenvalue weighted by Gasteiger charge is 2.58. The zero-order chi connectivity index (χ0) is 29.7. The van der Waals surface area contributed by atoms with Gasteiger partial charge >= 0.3 is 0 Å². The van der Waals surface area contributed by atoms with Crippen molar-refractivity contribution in [3.8, 4) is 0 Å². The summed E-state index contributed by atoms with van der Waals surface area (Å²) in [4.78, 5) is 10.1. The number of aliphatic hydroxyl groups is 1. The van der Waals surface area contributed by atoms with E-state index in [0.717, 1.165) is 24.3 Å². The van der Waals surface area contributed by atoms with Gasteiger partial charge in [-0.3, -0.25) is 10.1 Å². The van der Waals surface area contributed by atoms with Gasteiger partial charge in [0.25, 0.3) is 5.69 Å². The van der Waals surface area contributed by atoms with Gasteiger partial charge in [0.15, 0.2) is 12.6 Å². The van der Waals surface area contributed by atoms with Crippen LogP contribution in [0.1, 0.15) is 0 Å². The largest absolute Gasteiger partial charge is 0.379 e. The zero-order valence-corrected chi connectivity index (χ0v) is 23.8. The molecule has 2 aliphatic rings. The van der Waals surface area contributed by atoms with E-state index >= 15 is 0 Å². The minimum absolute atomic E-state index is 0.195. The highest BCUT2D eigenvalue weighted by molar-refractivity contribution is 7.89. The van der Waals surface area contributed by atoms with Crippen molar-refractivity contribution in [3.63, 3.8) is 0 Å². The number of ether oxygens (including phenoxy) is 9. The monoisotopic (exact) mass is 596 g/mol. The molecular formula is C23H36N2O14S. The lowest BCUT2D eigenvalue weighted by Gasteiger charge is -2.45. The van der Waals surface area contributed by atoms with E-state index in [1.54, 1.807) is 0 Å². The number of methoxy groups -OCH3 is 6. The van der Waals surface area contributed by atoms with Crippen LogP contribution in [0.3, 0.4) is 0 Å². The Balaban J connectivity index is 1.89. The van der Waals surface area contributed by atoms with Gasteiger partial charge in [-0.15, -0.1) is 0 Å². The fourth-order valence-corrected chi connectivity index (χ4v) is 5.85. The Kier molecular flexibility index (Phi) is 11.3. The van der Waals surface area contributed by atoms with Gasteiger partial charge < -0.3 is 47.7 Å². The molecule has 0 bridgehead atoms. The van der Waals surface area contributed by atoms with Crippen LogP contribution in [0.25, 0.3) is 0 Å². The normalized spacial score (nSPS) is 34.7. The number of nitro groups is 1. The molecule has 2 fully saturated rings. The van der Waals surface area contributed by atoms with Crippen molar-refractivity contribution in [2.75, 3.05) is 55.8 Å². The molecule has 0 amide bonds. The Labute approximate surface area is 231 Å². The summed E-state index contributed by atoms with van der Waals surface area (Å²) in [6.07, 6.45) is -7.89. The van der Waals surface area contributed by atoms with Crippen LogP contribution in [-0.4, -0.2) is 129 Å². The van der Waals surface area contributed by atoms with Crippen LogP contribution in [0, 0.1) is 10.1 Å². The van der Waals surface area contributed by atoms with Gasteiger partial charge in [-0.25, -0.2) is 13.1 Å². The van der Waals surface area contributed by atoms with E-state index in [4.69, 9.17) is 42.6 Å². The number of sulfonamides is 1. The first-order valence-electron chi connectivity index (χ1n) is 12.1. The van der Waals surface area contributed by atoms with Crippen molar-refractivity contribution in [2.24, 2.45) is 0 Å². The predicted molar refractivity (Wildman–Crippen MR) is 134 cm³/mol. The first-order valence-corrected chi connectivity index (χ1v) is 13.6. The summed E-state index contributed by atoms with van der Waals surface area (Å²) < 4.78 is 79.2. The third-order valence-electron chi connectivity index (χ3n) is 6.70. The minimum atomic E-state index is -4.13. The average molecular weight is 597 g/mol. The number of nitrogens with zero attached hydrogens (tertiary/aromatic N) is 1. The van der Waals surface area contributed by atoms with E-state index < -0.39 is 69.9 Å². The highest BCUT2D eigenvalue weighted by Crippen LogP contribution is 2.37. The van der Waals surface area contributed by atoms with E-state index in [0.29, 0.717) is 0 Å². The lowest BCUT2D eigenvalue weighted by Crippen LogP contribution is -2.63. The summed E-state index contributed by atoms with van der Waals surface area (Å²) >= 11 is 0. The summed E-state index contributed by atoms with van der Waals surface area (Å²) in [6, 6.07) is 4.39. The van der Waals surface area contributed by atoms with Crippen LogP contribution in [0.4, 0.5) is 5.69 Å². The van der Waals surface area contributed by atoms with Crippen LogP contribution in [0.2, 0.25) is 0 Å². The molecule has 17 heteroatoms. The van der Waals surface area contributed by atoms with Crippen LogP contribution < -0.4 is 4.72 Å². The fraction of sp³-hybridized carbons (Fsp3) is 0.739. The number of non-ortho nitro benzene ring substituents is 1. The Hall–Kier alpha value is -1.87. The van der Waals surface area contributed by atoms with Crippen LogP contribution in [0.5, 0.6) is 0 Å². The lowest BCUT2D eigenvalue weighted by atomic mass is 9.98. The average Bonchev–Trinajstić information content (AvgIpc) is 3.21. The molecule has 3 rings (SSSR count). The maximum atomic E-state index is 13.0. The molecule has 0 radical (unpaired) electrons. The zero-order valence-electron chi connectivity index (χ0n) is 23.0. The molecule has 0 aromatic heterocycles. The molecule has 16 nitrogen and oxygen atoms in total. The standard InChI is InChI=1S/C23H36N2O14S/c1-31-12-23(26)20(35-5)19(34-4)22(39-23)38-16-15(37-21(36-6)18(33-3)17(16)32-2)11-24-40(29,30)14-9-7-13(8-10-14)25(27)28/h7-10,15-22,24,26H,11-12H2,1-6H3/t15-,16-,17+,18-,19+,20+,21+,22+,23-/m1/s1. The maximum Gasteiger partial charge on any atom is 0.269 e. The van der Waals surface area contributed by atoms with Crippen molar-refractivity contribution in [3.05, 3.63) is 34.4 Å². The van der Waals surface area contributed by atoms with Crippen molar-refractivity contribution >= 4 is 15.7 Å². The molecule has 9 atom stereocenters. The third-order valence-corrected chi connectivity index (χ3v) is 8.14. The second-order valence-corrected chi connectivity index (χ2v) is 10.8. The molecule has 2 aliphatic heterocycles. The van der Waals surface area contributed by atoms with E-state index in [1.807, 2.05) is 0 Å². The van der Waals surface area contributed by atoms with Gasteiger partial charge in [0.05, 0.1) is 9.82 Å². The molecule has 2 N–H and O–H groups in total. The number of hydrogen-bond donors (Lipinski definition) is 2. The van der Waals surface area contributed by atoms with E-state index in [1.165, 1.54) is 42.7 Å². The van der Waals surface area contributed by atoms with Crippen LogP contribution in [0.15, 0.2) is 29.2 Å². The van der Waals surface area contributed by atoms with Crippen molar-refractivity contribution in [1.82, 2.24) is 4.72 Å². The van der Waals surface area contributed by atoms with E-state index in [9.17, 15) is 23.6 Å². The van der Waals surface area contributed by atoms with Gasteiger partial charge in [-0.05, 0) is 12.1 Å². The molecule has 1 aromatic rings. The first kappa shape index (κ1) is 32.6. The van der Waals surface area contributed by atoms with Crippen LogP contribution >= 0.6 is 0 Å². The Morgan fingerprint density at radius 3 is 2.05 bits per heavy atom. The molecule has 40 heavy (non-hydrogen) atoms. The Morgan fingerprint density at radius 1 is 0.925 bits per heavy atom. The predicted octanol–water partition coefficient (Wildman–Crippen LogP) is -0.619. The summed E-state index contributed by atoms with van der Waals surface area (Å²) in [5.41, 5.74) is -0.258. The van der Waals surface area contributed by atoms with Gasteiger partial charge in [-0.2, -0.15) is 0 Å². The molecular weight excluding hydrogens is 560 g/mol. The fourth-order valence-electron chi connectivity index (χ4n) is 4.81. The van der Waals surface area contributed by atoms with Crippen molar-refractivity contribution in [2.45, 2.75) is 59.9 Å². The number of rotatable bonds is 14. The van der Waals surface area contributed by atoms with Crippen LogP contribution in [-0.2, 0) is 52.7 Å². The summed E-state index contributed by atoms with van der Waals surface area (Å²) in [6.45, 7) is -0.592. The molecule has 228 valence electrons. The Bertz CT molecular complexity index is 1080. The molecule has 1 aromatic carbocycles. The summed E-state index contributed by atoms with van der Waals surface area (Å²) in [5.74, 6) is -1.92. The van der Waals surface area contributed by atoms with Gasteiger partial charge in [-0.1, -0.05) is 0 Å². The highest BCUT2D eigenvalue weighted by atomic mass is 32.2. The van der Waals surface area contributed by atoms with Gasteiger partial charge in [0, 0.05) is 61.3 Å². The number of benzene rings is 1. The molecule has 0 aliphatic carbocycles. The van der Waals surface area contributed by atoms with Crippen molar-refractivity contribution < 1.29 is 61.1 Å². The van der Waals surface area contributed by atoms with Crippen molar-refractivity contribution in [1.29, 1.82) is 0 Å². The lowest BCUT2D eigenvalue weighted by molar-refractivity contribution is -0.384. The molecule has 0 saturated carbocycles. The quantitative estimate of drug-likeness (QED) is 0.204. The van der Waals surface area contributed by atoms with Gasteiger partial charge in [0.1, 0.15) is 43.2 Å². The molecule has 2 heterocycles. The smallest absolute Gasteiger partial charge is 0.269 e. The molecule has 2 saturated heterocycles. The molecule has 0 spiro atoms. The summed E-state index contributed by atoms with van der Waals surface area (Å²) in [5, 5.41) is 22.0. The Morgan fingerprint density at radius 2 is 1.55 bits per heavy atom. The topological polar surface area (TPSA) is 193 Å². The number of nitro benzene ring substituents is 1. The number of nitrogens with one attached hydrogen (secondary N) is 1.